The van der Waals surface area contributed by atoms with Gasteiger partial charge in [0.15, 0.2) is 0 Å². The molecule has 0 radical (unpaired) electrons. The fraction of sp³-hybridized carbons (Fsp3) is 0.0667. The van der Waals surface area contributed by atoms with Crippen LogP contribution in [0.3, 0.4) is 0 Å². The van der Waals surface area contributed by atoms with E-state index in [1.165, 1.54) is 28.8 Å². The van der Waals surface area contributed by atoms with Gasteiger partial charge in [-0.25, -0.2) is 4.79 Å². The molecule has 0 N–H and O–H groups in total. The average molecular weight is 330 g/mol. The number of rotatable bonds is 4. The van der Waals surface area contributed by atoms with Gasteiger partial charge >= 0.3 is 10.8 Å². The van der Waals surface area contributed by atoms with Crippen molar-refractivity contribution >= 4 is 33.2 Å². The maximum absolute atomic E-state index is 12.0. The Labute approximate surface area is 133 Å². The number of ether oxygens (including phenoxy) is 1. The SMILES string of the molecule is O=C(Cn1c(=O)sc2ccccc21)Oc1ccc([N+](=O)[O-])cc1. The molecular formula is C15H10N2O5S. The molecule has 2 aromatic carbocycles. The number of carbonyl (C=O) groups excluding carboxylic acids is 1. The number of esters is 1. The highest BCUT2D eigenvalue weighted by atomic mass is 32.1. The molecule has 1 aromatic heterocycles. The van der Waals surface area contributed by atoms with Crippen molar-refractivity contribution in [2.45, 2.75) is 6.54 Å². The van der Waals surface area contributed by atoms with Gasteiger partial charge in [0.1, 0.15) is 12.3 Å². The molecule has 0 fully saturated rings. The largest absolute Gasteiger partial charge is 0.425 e. The standard InChI is InChI=1S/C15H10N2O5S/c18-14(22-11-7-5-10(6-8-11)17(20)21)9-16-12-3-1-2-4-13(12)23-15(16)19/h1-8H,9H2. The number of nitro groups is 1. The molecule has 23 heavy (non-hydrogen) atoms. The molecule has 116 valence electrons. The van der Waals surface area contributed by atoms with Crippen LogP contribution >= 0.6 is 11.3 Å². The van der Waals surface area contributed by atoms with Crippen LogP contribution in [-0.4, -0.2) is 15.5 Å². The zero-order chi connectivity index (χ0) is 16.4. The number of thiazole rings is 1. The summed E-state index contributed by atoms with van der Waals surface area (Å²) in [5, 5.41) is 10.6. The summed E-state index contributed by atoms with van der Waals surface area (Å²) in [5.74, 6) is -0.433. The van der Waals surface area contributed by atoms with E-state index in [0.717, 1.165) is 16.0 Å². The summed E-state index contributed by atoms with van der Waals surface area (Å²) in [7, 11) is 0. The fourth-order valence-electron chi connectivity index (χ4n) is 2.09. The summed E-state index contributed by atoms with van der Waals surface area (Å²) in [4.78, 5) is 33.7. The second-order valence-corrected chi connectivity index (χ2v) is 5.64. The molecule has 0 spiro atoms. The Morgan fingerprint density at radius 1 is 1.17 bits per heavy atom. The fourth-order valence-corrected chi connectivity index (χ4v) is 2.98. The van der Waals surface area contributed by atoms with Crippen LogP contribution in [0, 0.1) is 10.1 Å². The highest BCUT2D eigenvalue weighted by molar-refractivity contribution is 7.16. The summed E-state index contributed by atoms with van der Waals surface area (Å²) < 4.78 is 7.24. The van der Waals surface area contributed by atoms with E-state index in [1.807, 2.05) is 6.07 Å². The highest BCUT2D eigenvalue weighted by Gasteiger charge is 2.13. The number of hydrogen-bond acceptors (Lipinski definition) is 6. The summed E-state index contributed by atoms with van der Waals surface area (Å²) in [6.07, 6.45) is 0. The second kappa shape index (κ2) is 6.01. The van der Waals surface area contributed by atoms with Gasteiger partial charge in [-0.3, -0.25) is 19.5 Å². The Bertz CT molecular complexity index is 942. The molecule has 1 heterocycles. The van der Waals surface area contributed by atoms with Gasteiger partial charge in [-0.05, 0) is 24.3 Å². The van der Waals surface area contributed by atoms with Gasteiger partial charge in [-0.15, -0.1) is 0 Å². The van der Waals surface area contributed by atoms with E-state index in [4.69, 9.17) is 4.74 Å². The molecule has 7 nitrogen and oxygen atoms in total. The predicted octanol–water partition coefficient (Wildman–Crippen LogP) is 2.58. The van der Waals surface area contributed by atoms with Gasteiger partial charge in [0.2, 0.25) is 0 Å². The molecule has 0 bridgehead atoms. The summed E-state index contributed by atoms with van der Waals surface area (Å²) >= 11 is 1.06. The van der Waals surface area contributed by atoms with E-state index in [1.54, 1.807) is 18.2 Å². The molecule has 0 saturated heterocycles. The lowest BCUT2D eigenvalue weighted by molar-refractivity contribution is -0.384. The number of non-ortho nitro benzene ring substituents is 1. The molecule has 0 amide bonds. The third-order valence-corrected chi connectivity index (χ3v) is 4.10. The highest BCUT2D eigenvalue weighted by Crippen LogP contribution is 2.19. The number of nitrogens with zero attached hydrogens (tertiary/aromatic N) is 2. The van der Waals surface area contributed by atoms with E-state index in [2.05, 4.69) is 0 Å². The van der Waals surface area contributed by atoms with Crippen LogP contribution in [0.5, 0.6) is 5.75 Å². The van der Waals surface area contributed by atoms with Crippen molar-refractivity contribution in [3.63, 3.8) is 0 Å². The maximum atomic E-state index is 12.0. The van der Waals surface area contributed by atoms with Crippen molar-refractivity contribution < 1.29 is 14.5 Å². The number of para-hydroxylation sites is 1. The van der Waals surface area contributed by atoms with Gasteiger partial charge in [0.05, 0.1) is 15.1 Å². The molecule has 3 aromatic rings. The third kappa shape index (κ3) is 3.11. The van der Waals surface area contributed by atoms with E-state index in [0.29, 0.717) is 5.52 Å². The lowest BCUT2D eigenvalue weighted by Gasteiger charge is -2.05. The average Bonchev–Trinajstić information content (AvgIpc) is 2.84. The van der Waals surface area contributed by atoms with Gasteiger partial charge in [0.25, 0.3) is 5.69 Å². The van der Waals surface area contributed by atoms with Crippen molar-refractivity contribution in [1.29, 1.82) is 0 Å². The van der Waals surface area contributed by atoms with Gasteiger partial charge in [-0.2, -0.15) is 0 Å². The van der Waals surface area contributed by atoms with Crippen molar-refractivity contribution in [3.05, 3.63) is 68.3 Å². The van der Waals surface area contributed by atoms with Crippen LogP contribution in [0.2, 0.25) is 0 Å². The Balaban J connectivity index is 1.77. The Morgan fingerprint density at radius 2 is 1.87 bits per heavy atom. The van der Waals surface area contributed by atoms with Gasteiger partial charge < -0.3 is 4.74 Å². The first kappa shape index (κ1) is 14.9. The molecule has 0 atom stereocenters. The van der Waals surface area contributed by atoms with Crippen LogP contribution in [0.4, 0.5) is 5.69 Å². The first-order valence-electron chi connectivity index (χ1n) is 6.58. The molecule has 3 rings (SSSR count). The Kier molecular flexibility index (Phi) is 3.90. The van der Waals surface area contributed by atoms with Crippen LogP contribution in [0.1, 0.15) is 0 Å². The molecule has 0 unspecified atom stereocenters. The maximum Gasteiger partial charge on any atom is 0.331 e. The van der Waals surface area contributed by atoms with Crippen LogP contribution in [-0.2, 0) is 11.3 Å². The van der Waals surface area contributed by atoms with Crippen LogP contribution in [0.25, 0.3) is 10.2 Å². The summed E-state index contributed by atoms with van der Waals surface area (Å²) in [5.41, 5.74) is 0.577. The van der Waals surface area contributed by atoms with Crippen molar-refractivity contribution in [1.82, 2.24) is 4.57 Å². The van der Waals surface area contributed by atoms with E-state index in [-0.39, 0.29) is 22.9 Å². The minimum Gasteiger partial charge on any atom is -0.425 e. The lowest BCUT2D eigenvalue weighted by Crippen LogP contribution is -2.22. The van der Waals surface area contributed by atoms with Gasteiger partial charge in [-0.1, -0.05) is 23.5 Å². The number of carbonyl (C=O) groups is 1. The van der Waals surface area contributed by atoms with Crippen LogP contribution in [0.15, 0.2) is 53.3 Å². The smallest absolute Gasteiger partial charge is 0.331 e. The zero-order valence-electron chi connectivity index (χ0n) is 11.7. The number of fused-ring (bicyclic) bond motifs is 1. The van der Waals surface area contributed by atoms with Gasteiger partial charge in [0, 0.05) is 12.1 Å². The van der Waals surface area contributed by atoms with Crippen molar-refractivity contribution in [2.24, 2.45) is 0 Å². The van der Waals surface area contributed by atoms with E-state index >= 15 is 0 Å². The van der Waals surface area contributed by atoms with E-state index in [9.17, 15) is 19.7 Å². The molecular weight excluding hydrogens is 320 g/mol. The molecule has 8 heteroatoms. The zero-order valence-corrected chi connectivity index (χ0v) is 12.5. The first-order valence-corrected chi connectivity index (χ1v) is 7.40. The summed E-state index contributed by atoms with van der Waals surface area (Å²) in [6, 6.07) is 12.3. The Morgan fingerprint density at radius 3 is 2.57 bits per heavy atom. The monoisotopic (exact) mass is 330 g/mol. The predicted molar refractivity (Wildman–Crippen MR) is 84.8 cm³/mol. The number of nitro benzene ring substituents is 1. The number of benzene rings is 2. The van der Waals surface area contributed by atoms with Crippen molar-refractivity contribution in [2.75, 3.05) is 0 Å². The number of aromatic nitrogens is 1. The minimum absolute atomic E-state index is 0.0927. The quantitative estimate of drug-likeness (QED) is 0.317. The minimum atomic E-state index is -0.621. The van der Waals surface area contributed by atoms with Crippen molar-refractivity contribution in [3.8, 4) is 5.75 Å². The normalized spacial score (nSPS) is 10.6. The molecule has 0 aliphatic rings. The second-order valence-electron chi connectivity index (χ2n) is 4.65. The third-order valence-electron chi connectivity index (χ3n) is 3.14. The Hall–Kier alpha value is -3.00. The topological polar surface area (TPSA) is 91.4 Å². The molecule has 0 saturated carbocycles. The molecule has 0 aliphatic heterocycles. The number of hydrogen-bond donors (Lipinski definition) is 0. The first-order chi connectivity index (χ1) is 11.0. The lowest BCUT2D eigenvalue weighted by atomic mass is 10.3. The van der Waals surface area contributed by atoms with Crippen LogP contribution < -0.4 is 9.61 Å². The van der Waals surface area contributed by atoms with E-state index < -0.39 is 10.9 Å². The summed E-state index contributed by atoms with van der Waals surface area (Å²) in [6.45, 7) is -0.222. The molecule has 0 aliphatic carbocycles.